The molecule has 0 fully saturated rings. The number of carboxylic acids is 1. The number of rotatable bonds is 12. The van der Waals surface area contributed by atoms with Gasteiger partial charge in [0.25, 0.3) is 5.91 Å². The number of carbonyl (C=O) groups excluding carboxylic acids is 2. The minimum Gasteiger partial charge on any atom is -0.493 e. The molecule has 1 aliphatic heterocycles. The van der Waals surface area contributed by atoms with E-state index >= 15 is 0 Å². The first-order chi connectivity index (χ1) is 19.3. The van der Waals surface area contributed by atoms with Crippen LogP contribution in [0.15, 0.2) is 36.4 Å². The summed E-state index contributed by atoms with van der Waals surface area (Å²) in [6.45, 7) is 7.26. The molecule has 3 atom stereocenters. The van der Waals surface area contributed by atoms with Crippen molar-refractivity contribution in [2.24, 2.45) is 11.3 Å². The number of ether oxygens (including phenoxy) is 3. The fourth-order valence-corrected chi connectivity index (χ4v) is 5.00. The summed E-state index contributed by atoms with van der Waals surface area (Å²) in [7, 11) is 3.00. The molecule has 1 heterocycles. The molecule has 2 amide bonds. The molecule has 1 radical (unpaired) electrons. The number of aliphatic carboxylic acids is 1. The Hall–Kier alpha value is -1.90. The molecule has 42 heavy (non-hydrogen) atoms. The average molecular weight is 818 g/mol. The first-order valence-electron chi connectivity index (χ1n) is 13.4. The fourth-order valence-electron chi connectivity index (χ4n) is 4.82. The van der Waals surface area contributed by atoms with Gasteiger partial charge in [-0.2, -0.15) is 0 Å². The third-order valence-electron chi connectivity index (χ3n) is 6.85. The van der Waals surface area contributed by atoms with Crippen molar-refractivity contribution in [3.63, 3.8) is 0 Å². The van der Waals surface area contributed by atoms with Crippen molar-refractivity contribution in [1.82, 2.24) is 5.32 Å². The van der Waals surface area contributed by atoms with Gasteiger partial charge in [-0.1, -0.05) is 51.4 Å². The van der Waals surface area contributed by atoms with Gasteiger partial charge in [-0.15, -0.1) is 0 Å². The van der Waals surface area contributed by atoms with Crippen LogP contribution in [0.5, 0.6) is 11.5 Å². The number of nitrogens with one attached hydrogen (secondary N) is 1. The van der Waals surface area contributed by atoms with Crippen molar-refractivity contribution in [2.75, 3.05) is 32.3 Å². The van der Waals surface area contributed by atoms with E-state index in [1.165, 1.54) is 19.1 Å². The average Bonchev–Trinajstić information content (AvgIpc) is 3.02. The van der Waals surface area contributed by atoms with E-state index in [2.05, 4.69) is 5.32 Å². The van der Waals surface area contributed by atoms with E-state index in [-0.39, 0.29) is 69.6 Å². The molecule has 3 rings (SSSR count). The molecule has 2 aromatic carbocycles. The van der Waals surface area contributed by atoms with Gasteiger partial charge in [0, 0.05) is 84.5 Å². The molecule has 0 bridgehead atoms. The first kappa shape index (κ1) is 36.3. The smallest absolute Gasteiger partial charge is 0.326 e. The van der Waals surface area contributed by atoms with Crippen LogP contribution in [0.2, 0.25) is 5.02 Å². The zero-order valence-corrected chi connectivity index (χ0v) is 30.3. The van der Waals surface area contributed by atoms with Gasteiger partial charge in [-0.25, -0.2) is 4.79 Å². The van der Waals surface area contributed by atoms with Gasteiger partial charge in [0.05, 0.1) is 20.6 Å². The Morgan fingerprint density at radius 1 is 1.14 bits per heavy atom. The van der Waals surface area contributed by atoms with Crippen molar-refractivity contribution >= 4 is 35.1 Å². The molecule has 12 heteroatoms. The van der Waals surface area contributed by atoms with Crippen LogP contribution in [0.4, 0.5) is 5.69 Å². The number of fused-ring (bicyclic) bond motifs is 1. The van der Waals surface area contributed by atoms with Crippen molar-refractivity contribution < 1.29 is 82.9 Å². The second-order valence-corrected chi connectivity index (χ2v) is 11.8. The van der Waals surface area contributed by atoms with Crippen LogP contribution in [-0.4, -0.2) is 67.5 Å². The number of halogens is 1. The van der Waals surface area contributed by atoms with Gasteiger partial charge in [0.2, 0.25) is 5.91 Å². The molecule has 2 aromatic rings. The Bertz CT molecular complexity index is 1270. The minimum absolute atomic E-state index is 0. The number of para-hydroxylation sites is 1. The molecule has 0 aromatic heterocycles. The summed E-state index contributed by atoms with van der Waals surface area (Å²) >= 11 is 6.43. The number of nitrogens with zero attached hydrogens (tertiary/aromatic N) is 1. The zero-order valence-electron chi connectivity index (χ0n) is 24.8. The number of hydrogen-bond acceptors (Lipinski definition) is 7. The molecule has 227 valence electrons. The number of hydrogen-bond donors (Lipinski definition) is 3. The Kier molecular flexibility index (Phi) is 13.6. The predicted molar refractivity (Wildman–Crippen MR) is 155 cm³/mol. The standard InChI is InChI=1S/C30H39ClN2O8.Ac/c1-17(2)12-21(29(37)38)32-25(35)14-24-28(36)33(15-30(3,4)16-34)22-11-10-18(31)13-20(22)26(41-24)19-8-7-9-23(39-5)27(19)40-6;/h7-11,13,17,21,24,26,34H,12,14-16H2,1-6H3,(H,32,35)(H,37,38);/t21-,24-,26-;/m1./s1. The number of methoxy groups -OCH3 is 2. The van der Waals surface area contributed by atoms with E-state index in [9.17, 15) is 24.6 Å². The van der Waals surface area contributed by atoms with Crippen LogP contribution in [0.1, 0.15) is 57.8 Å². The van der Waals surface area contributed by atoms with E-state index in [0.29, 0.717) is 33.3 Å². The normalized spacial score (nSPS) is 17.5. The summed E-state index contributed by atoms with van der Waals surface area (Å²) in [6, 6.07) is 9.20. The maximum Gasteiger partial charge on any atom is 0.326 e. The van der Waals surface area contributed by atoms with Crippen LogP contribution in [0.3, 0.4) is 0 Å². The number of aliphatic hydroxyl groups excluding tert-OH is 1. The van der Waals surface area contributed by atoms with E-state index in [4.69, 9.17) is 25.8 Å². The zero-order chi connectivity index (χ0) is 30.5. The monoisotopic (exact) mass is 817 g/mol. The van der Waals surface area contributed by atoms with E-state index < -0.39 is 47.9 Å². The molecule has 0 saturated heterocycles. The van der Waals surface area contributed by atoms with Crippen LogP contribution in [0, 0.1) is 55.4 Å². The predicted octanol–water partition coefficient (Wildman–Crippen LogP) is 4.20. The van der Waals surface area contributed by atoms with Crippen molar-refractivity contribution in [3.05, 3.63) is 52.5 Å². The van der Waals surface area contributed by atoms with Gasteiger partial charge in [-0.05, 0) is 36.6 Å². The Morgan fingerprint density at radius 2 is 1.83 bits per heavy atom. The largest absolute Gasteiger partial charge is 0.493 e. The van der Waals surface area contributed by atoms with E-state index in [1.807, 2.05) is 27.7 Å². The first-order valence-corrected chi connectivity index (χ1v) is 13.8. The summed E-state index contributed by atoms with van der Waals surface area (Å²) in [5, 5.41) is 22.6. The number of amides is 2. The third-order valence-corrected chi connectivity index (χ3v) is 7.08. The molecule has 3 N–H and O–H groups in total. The molecular weight excluding hydrogens is 779 g/mol. The maximum atomic E-state index is 14.1. The van der Waals surface area contributed by atoms with Gasteiger partial charge in [0.15, 0.2) is 11.5 Å². The second kappa shape index (κ2) is 15.7. The number of anilines is 1. The van der Waals surface area contributed by atoms with Crippen molar-refractivity contribution in [3.8, 4) is 11.5 Å². The molecule has 0 unspecified atom stereocenters. The second-order valence-electron chi connectivity index (χ2n) is 11.3. The summed E-state index contributed by atoms with van der Waals surface area (Å²) in [5.41, 5.74) is 0.901. The maximum absolute atomic E-state index is 14.1. The molecule has 0 spiro atoms. The molecule has 1 aliphatic rings. The topological polar surface area (TPSA) is 135 Å². The van der Waals surface area contributed by atoms with Gasteiger partial charge in [0.1, 0.15) is 18.2 Å². The van der Waals surface area contributed by atoms with Gasteiger partial charge >= 0.3 is 5.97 Å². The van der Waals surface area contributed by atoms with E-state index in [0.717, 1.165) is 0 Å². The van der Waals surface area contributed by atoms with Crippen LogP contribution >= 0.6 is 11.6 Å². The molecule has 10 nitrogen and oxygen atoms in total. The molecular formula is C30H39AcClN2O8. The quantitative estimate of drug-likeness (QED) is 0.291. The van der Waals surface area contributed by atoms with Crippen LogP contribution in [-0.2, 0) is 19.1 Å². The summed E-state index contributed by atoms with van der Waals surface area (Å²) in [6.07, 6.45) is -2.42. The van der Waals surface area contributed by atoms with Crippen molar-refractivity contribution in [1.29, 1.82) is 0 Å². The SMILES string of the molecule is COc1cccc([C@H]2O[C@H](CC(=O)N[C@H](CC(C)C)C(=O)O)C(=O)N(CC(C)(C)CO)c3ccc(Cl)cc32)c1OC.[Ac]. The third kappa shape index (κ3) is 8.82. The number of benzene rings is 2. The molecule has 0 aliphatic carbocycles. The fraction of sp³-hybridized carbons (Fsp3) is 0.500. The van der Waals surface area contributed by atoms with Crippen LogP contribution < -0.4 is 19.7 Å². The Labute approximate surface area is 287 Å². The number of carbonyl (C=O) groups is 3. The van der Waals surface area contributed by atoms with E-state index in [1.54, 1.807) is 36.4 Å². The summed E-state index contributed by atoms with van der Waals surface area (Å²) in [5.74, 6) is -1.46. The Morgan fingerprint density at radius 3 is 2.40 bits per heavy atom. The number of carboxylic acid groups (broad SMARTS) is 1. The summed E-state index contributed by atoms with van der Waals surface area (Å²) < 4.78 is 17.6. The van der Waals surface area contributed by atoms with Crippen molar-refractivity contribution in [2.45, 2.75) is 58.8 Å². The Balaban J connectivity index is 0.00000616. The minimum atomic E-state index is -1.30. The molecule has 0 saturated carbocycles. The van der Waals surface area contributed by atoms with Gasteiger partial charge in [-0.3, -0.25) is 9.59 Å². The summed E-state index contributed by atoms with van der Waals surface area (Å²) in [4.78, 5) is 40.6. The van der Waals surface area contributed by atoms with Gasteiger partial charge < -0.3 is 34.6 Å². The van der Waals surface area contributed by atoms with Crippen LogP contribution in [0.25, 0.3) is 0 Å². The number of aliphatic hydroxyl groups is 1.